The van der Waals surface area contributed by atoms with E-state index in [0.717, 1.165) is 31.7 Å². The summed E-state index contributed by atoms with van der Waals surface area (Å²) in [5.41, 5.74) is 2.22. The van der Waals surface area contributed by atoms with Gasteiger partial charge < -0.3 is 10.0 Å². The van der Waals surface area contributed by atoms with Crippen molar-refractivity contribution in [1.82, 2.24) is 4.98 Å². The molecular formula is C21H18ClFN2O. The first-order valence-electron chi connectivity index (χ1n) is 8.63. The lowest BCUT2D eigenvalue weighted by Gasteiger charge is -2.19. The number of phenolic OH excluding ortho intramolecular Hbond substituents is 1. The molecule has 0 amide bonds. The largest absolute Gasteiger partial charge is 0.507 e. The van der Waals surface area contributed by atoms with Gasteiger partial charge in [0, 0.05) is 24.2 Å². The van der Waals surface area contributed by atoms with Gasteiger partial charge in [0.25, 0.3) is 0 Å². The minimum Gasteiger partial charge on any atom is -0.507 e. The molecule has 1 aromatic heterocycles. The van der Waals surface area contributed by atoms with E-state index in [9.17, 15) is 9.50 Å². The summed E-state index contributed by atoms with van der Waals surface area (Å²) in [6.45, 7) is 1.84. The van der Waals surface area contributed by atoms with Gasteiger partial charge in [-0.2, -0.15) is 0 Å². The minimum atomic E-state index is -0.376. The highest BCUT2D eigenvalue weighted by Crippen LogP contribution is 2.37. The maximum atomic E-state index is 14.5. The average Bonchev–Trinajstić information content (AvgIpc) is 3.16. The monoisotopic (exact) mass is 368 g/mol. The topological polar surface area (TPSA) is 36.4 Å². The Kier molecular flexibility index (Phi) is 4.51. The fourth-order valence-electron chi connectivity index (χ4n) is 3.37. The maximum Gasteiger partial charge on any atom is 0.132 e. The summed E-state index contributed by atoms with van der Waals surface area (Å²) >= 11 is 6.28. The van der Waals surface area contributed by atoms with Crippen LogP contribution in [0.3, 0.4) is 0 Å². The van der Waals surface area contributed by atoms with Crippen LogP contribution in [0.15, 0.2) is 54.6 Å². The van der Waals surface area contributed by atoms with Crippen molar-refractivity contribution < 1.29 is 9.50 Å². The van der Waals surface area contributed by atoms with Gasteiger partial charge in [-0.05, 0) is 54.8 Å². The van der Waals surface area contributed by atoms with Crippen LogP contribution in [0, 0.1) is 5.82 Å². The van der Waals surface area contributed by atoms with Gasteiger partial charge in [0.15, 0.2) is 0 Å². The zero-order valence-electron chi connectivity index (χ0n) is 14.1. The number of hydrogen-bond donors (Lipinski definition) is 1. The molecule has 1 N–H and O–H groups in total. The van der Waals surface area contributed by atoms with Crippen molar-refractivity contribution in [3.8, 4) is 28.1 Å². The van der Waals surface area contributed by atoms with E-state index in [1.807, 2.05) is 12.1 Å². The van der Waals surface area contributed by atoms with E-state index >= 15 is 0 Å². The fourth-order valence-corrected chi connectivity index (χ4v) is 3.64. The highest BCUT2D eigenvalue weighted by atomic mass is 35.5. The molecule has 2 aromatic carbocycles. The molecule has 0 aliphatic carbocycles. The molecule has 1 fully saturated rings. The van der Waals surface area contributed by atoms with E-state index in [1.165, 1.54) is 6.07 Å². The third-order valence-electron chi connectivity index (χ3n) is 4.67. The van der Waals surface area contributed by atoms with Crippen molar-refractivity contribution in [3.05, 3.63) is 65.4 Å². The first-order chi connectivity index (χ1) is 12.6. The Morgan fingerprint density at radius 1 is 1.00 bits per heavy atom. The van der Waals surface area contributed by atoms with Crippen LogP contribution >= 0.6 is 11.6 Å². The molecule has 0 bridgehead atoms. The van der Waals surface area contributed by atoms with E-state index < -0.39 is 0 Å². The van der Waals surface area contributed by atoms with Gasteiger partial charge >= 0.3 is 0 Å². The molecular weight excluding hydrogens is 351 g/mol. The van der Waals surface area contributed by atoms with E-state index in [1.54, 1.807) is 36.4 Å². The van der Waals surface area contributed by atoms with Gasteiger partial charge in [0.05, 0.1) is 10.7 Å². The Bertz CT molecular complexity index is 934. The van der Waals surface area contributed by atoms with E-state index in [-0.39, 0.29) is 11.6 Å². The van der Waals surface area contributed by atoms with Crippen LogP contribution in [0.25, 0.3) is 22.4 Å². The molecule has 0 unspecified atom stereocenters. The molecule has 0 radical (unpaired) electrons. The normalized spacial score (nSPS) is 14.0. The second kappa shape index (κ2) is 6.96. The zero-order valence-corrected chi connectivity index (χ0v) is 14.9. The van der Waals surface area contributed by atoms with Crippen molar-refractivity contribution in [1.29, 1.82) is 0 Å². The minimum absolute atomic E-state index is 0.143. The van der Waals surface area contributed by atoms with Gasteiger partial charge in [-0.15, -0.1) is 0 Å². The number of nitrogens with zero attached hydrogens (tertiary/aromatic N) is 2. The molecule has 2 heterocycles. The second-order valence-corrected chi connectivity index (χ2v) is 6.81. The van der Waals surface area contributed by atoms with Crippen molar-refractivity contribution in [2.45, 2.75) is 12.8 Å². The summed E-state index contributed by atoms with van der Waals surface area (Å²) in [5.74, 6) is 0.543. The van der Waals surface area contributed by atoms with Crippen molar-refractivity contribution in [3.63, 3.8) is 0 Å². The number of anilines is 1. The van der Waals surface area contributed by atoms with Crippen LogP contribution in [0.2, 0.25) is 5.02 Å². The number of para-hydroxylation sites is 1. The standard InChI is InChI=1S/C21H18ClFN2O/c22-16-7-5-8-17(23)21(16)14-12-18(15-6-1-2-9-19(15)26)24-20(13-14)25-10-3-4-11-25/h1-2,5-9,12-13,26H,3-4,10-11H2. The number of pyridine rings is 1. The predicted molar refractivity (Wildman–Crippen MR) is 103 cm³/mol. The first-order valence-corrected chi connectivity index (χ1v) is 9.01. The lowest BCUT2D eigenvalue weighted by Crippen LogP contribution is -2.19. The molecule has 26 heavy (non-hydrogen) atoms. The first kappa shape index (κ1) is 16.9. The molecule has 0 spiro atoms. The lowest BCUT2D eigenvalue weighted by atomic mass is 10.0. The molecule has 3 nitrogen and oxygen atoms in total. The number of benzene rings is 2. The average molecular weight is 369 g/mol. The smallest absolute Gasteiger partial charge is 0.132 e. The van der Waals surface area contributed by atoms with Gasteiger partial charge in [-0.25, -0.2) is 9.37 Å². The van der Waals surface area contributed by atoms with E-state index in [0.29, 0.717) is 27.4 Å². The summed E-state index contributed by atoms with van der Waals surface area (Å²) in [6.07, 6.45) is 2.22. The lowest BCUT2D eigenvalue weighted by molar-refractivity contribution is 0.477. The van der Waals surface area contributed by atoms with Crippen LogP contribution in [-0.4, -0.2) is 23.2 Å². The Labute approximate surface area is 156 Å². The zero-order chi connectivity index (χ0) is 18.1. The summed E-state index contributed by atoms with van der Waals surface area (Å²) in [7, 11) is 0. The van der Waals surface area contributed by atoms with E-state index in [2.05, 4.69) is 4.90 Å². The van der Waals surface area contributed by atoms with Crippen LogP contribution < -0.4 is 4.90 Å². The quantitative estimate of drug-likeness (QED) is 0.661. The number of aromatic nitrogens is 1. The summed E-state index contributed by atoms with van der Waals surface area (Å²) in [6, 6.07) is 15.3. The number of hydrogen-bond acceptors (Lipinski definition) is 3. The summed E-state index contributed by atoms with van der Waals surface area (Å²) in [4.78, 5) is 6.91. The number of rotatable bonds is 3. The van der Waals surface area contributed by atoms with Gasteiger partial charge in [0.2, 0.25) is 0 Å². The van der Waals surface area contributed by atoms with Gasteiger partial charge in [0.1, 0.15) is 17.4 Å². The molecule has 1 aliphatic rings. The highest BCUT2D eigenvalue weighted by Gasteiger charge is 2.19. The number of phenols is 1. The number of aromatic hydroxyl groups is 1. The Hall–Kier alpha value is -2.59. The Morgan fingerprint density at radius 3 is 2.50 bits per heavy atom. The van der Waals surface area contributed by atoms with Crippen LogP contribution in [0.5, 0.6) is 5.75 Å². The van der Waals surface area contributed by atoms with Crippen molar-refractivity contribution in [2.75, 3.05) is 18.0 Å². The molecule has 0 saturated carbocycles. The van der Waals surface area contributed by atoms with Crippen LogP contribution in [0.1, 0.15) is 12.8 Å². The molecule has 4 rings (SSSR count). The molecule has 1 aliphatic heterocycles. The third-order valence-corrected chi connectivity index (χ3v) is 4.99. The molecule has 3 aromatic rings. The fraction of sp³-hybridized carbons (Fsp3) is 0.190. The molecule has 0 atom stereocenters. The molecule has 1 saturated heterocycles. The van der Waals surface area contributed by atoms with Gasteiger partial charge in [-0.3, -0.25) is 0 Å². The van der Waals surface area contributed by atoms with Crippen LogP contribution in [0.4, 0.5) is 10.2 Å². The van der Waals surface area contributed by atoms with Gasteiger partial charge in [-0.1, -0.05) is 29.8 Å². The highest BCUT2D eigenvalue weighted by molar-refractivity contribution is 6.33. The SMILES string of the molecule is Oc1ccccc1-c1cc(-c2c(F)cccc2Cl)cc(N2CCCC2)n1. The maximum absolute atomic E-state index is 14.5. The van der Waals surface area contributed by atoms with Crippen LogP contribution in [-0.2, 0) is 0 Å². The van der Waals surface area contributed by atoms with E-state index in [4.69, 9.17) is 16.6 Å². The predicted octanol–water partition coefficient (Wildman–Crippen LogP) is 5.51. The summed E-state index contributed by atoms with van der Waals surface area (Å²) < 4.78 is 14.5. The summed E-state index contributed by atoms with van der Waals surface area (Å²) in [5, 5.41) is 10.6. The number of halogens is 2. The second-order valence-electron chi connectivity index (χ2n) is 6.41. The molecule has 5 heteroatoms. The third kappa shape index (κ3) is 3.13. The Morgan fingerprint density at radius 2 is 1.77 bits per heavy atom. The Balaban J connectivity index is 1.93. The van der Waals surface area contributed by atoms with Crippen molar-refractivity contribution in [2.24, 2.45) is 0 Å². The van der Waals surface area contributed by atoms with Crippen molar-refractivity contribution >= 4 is 17.4 Å². The molecule has 132 valence electrons.